The Morgan fingerprint density at radius 2 is 1.89 bits per heavy atom. The van der Waals surface area contributed by atoms with Gasteiger partial charge in [0, 0.05) is 17.6 Å². The molecule has 0 bridgehead atoms. The highest BCUT2D eigenvalue weighted by atomic mass is 32.1. The Labute approximate surface area is 169 Å². The summed E-state index contributed by atoms with van der Waals surface area (Å²) in [5.74, 6) is 0.276. The third-order valence-corrected chi connectivity index (χ3v) is 4.60. The maximum Gasteiger partial charge on any atom is 0.358 e. The van der Waals surface area contributed by atoms with Crippen molar-refractivity contribution in [2.75, 3.05) is 23.8 Å². The highest BCUT2D eigenvalue weighted by molar-refractivity contribution is 7.13. The molecule has 0 aliphatic carbocycles. The van der Waals surface area contributed by atoms with E-state index in [1.54, 1.807) is 29.6 Å². The van der Waals surface area contributed by atoms with Crippen LogP contribution >= 0.6 is 11.3 Å². The second-order valence-electron chi connectivity index (χ2n) is 6.64. The average Bonchev–Trinajstić information content (AvgIpc) is 3.12. The van der Waals surface area contributed by atoms with Gasteiger partial charge >= 0.3 is 5.97 Å². The van der Waals surface area contributed by atoms with Gasteiger partial charge in [-0.3, -0.25) is 4.79 Å². The molecule has 2 aromatic rings. The van der Waals surface area contributed by atoms with Gasteiger partial charge in [-0.05, 0) is 50.5 Å². The van der Waals surface area contributed by atoms with E-state index in [9.17, 15) is 9.59 Å². The summed E-state index contributed by atoms with van der Waals surface area (Å²) in [4.78, 5) is 28.7. The van der Waals surface area contributed by atoms with Gasteiger partial charge in [-0.25, -0.2) is 9.78 Å². The van der Waals surface area contributed by atoms with Crippen LogP contribution in [0.25, 0.3) is 0 Å². The van der Waals surface area contributed by atoms with Gasteiger partial charge in [-0.2, -0.15) is 0 Å². The predicted octanol–water partition coefficient (Wildman–Crippen LogP) is 4.18. The van der Waals surface area contributed by atoms with Crippen molar-refractivity contribution in [1.29, 1.82) is 0 Å². The normalized spacial score (nSPS) is 11.8. The molecule has 0 saturated heterocycles. The molecule has 1 aromatic carbocycles. The van der Waals surface area contributed by atoms with Crippen LogP contribution in [0.1, 0.15) is 44.6 Å². The van der Waals surface area contributed by atoms with E-state index in [2.05, 4.69) is 29.5 Å². The fraction of sp³-hybridized carbons (Fsp3) is 0.450. The van der Waals surface area contributed by atoms with Crippen LogP contribution in [0.5, 0.6) is 5.75 Å². The van der Waals surface area contributed by atoms with Gasteiger partial charge in [0.1, 0.15) is 5.75 Å². The molecule has 28 heavy (non-hydrogen) atoms. The molecule has 0 aliphatic rings. The predicted molar refractivity (Wildman–Crippen MR) is 111 cm³/mol. The lowest BCUT2D eigenvalue weighted by atomic mass is 10.1. The third kappa shape index (κ3) is 6.84. The fourth-order valence-electron chi connectivity index (χ4n) is 2.24. The Hall–Kier alpha value is -2.61. The fourth-order valence-corrected chi connectivity index (χ4v) is 2.94. The molecule has 1 amide bonds. The van der Waals surface area contributed by atoms with Crippen LogP contribution in [0, 0.1) is 5.92 Å². The number of esters is 1. The van der Waals surface area contributed by atoms with E-state index in [-0.39, 0.29) is 5.69 Å². The SMILES string of the molecule is CCOc1ccc(NC(=O)[C@@H](C)OC(=O)c2csc(NCCC(C)C)n2)cc1. The summed E-state index contributed by atoms with van der Waals surface area (Å²) in [6.07, 6.45) is 0.0698. The quantitative estimate of drug-likeness (QED) is 0.576. The van der Waals surface area contributed by atoms with Gasteiger partial charge in [0.2, 0.25) is 0 Å². The minimum absolute atomic E-state index is 0.192. The van der Waals surface area contributed by atoms with Crippen LogP contribution in [-0.2, 0) is 9.53 Å². The number of rotatable bonds is 10. The van der Waals surface area contributed by atoms with Crippen molar-refractivity contribution >= 4 is 34.0 Å². The molecule has 0 spiro atoms. The van der Waals surface area contributed by atoms with Crippen molar-refractivity contribution in [1.82, 2.24) is 4.98 Å². The summed E-state index contributed by atoms with van der Waals surface area (Å²) >= 11 is 1.34. The first kappa shape index (κ1) is 21.7. The Morgan fingerprint density at radius 1 is 1.18 bits per heavy atom. The molecule has 0 fully saturated rings. The zero-order valence-electron chi connectivity index (χ0n) is 16.7. The number of hydrogen-bond acceptors (Lipinski definition) is 7. The minimum atomic E-state index is -0.946. The van der Waals surface area contributed by atoms with Gasteiger partial charge in [0.25, 0.3) is 5.91 Å². The first-order chi connectivity index (χ1) is 13.4. The lowest BCUT2D eigenvalue weighted by molar-refractivity contribution is -0.123. The maximum absolute atomic E-state index is 12.3. The Bertz CT molecular complexity index is 774. The lowest BCUT2D eigenvalue weighted by Crippen LogP contribution is -2.30. The summed E-state index contributed by atoms with van der Waals surface area (Å²) in [5, 5.41) is 8.18. The zero-order chi connectivity index (χ0) is 20.5. The van der Waals surface area contributed by atoms with Gasteiger partial charge in [0.05, 0.1) is 6.61 Å². The standard InChI is InChI=1S/C20H27N3O4S/c1-5-26-16-8-6-15(7-9-16)22-18(24)14(4)27-19(25)17-12-28-20(23-17)21-11-10-13(2)3/h6-9,12-14H,5,10-11H2,1-4H3,(H,21,23)(H,22,24)/t14-/m1/s1. The van der Waals surface area contributed by atoms with E-state index < -0.39 is 18.0 Å². The molecule has 0 saturated carbocycles. The number of carbonyl (C=O) groups excluding carboxylic acids is 2. The van der Waals surface area contributed by atoms with Crippen molar-refractivity contribution in [3.05, 3.63) is 35.3 Å². The number of carbonyl (C=O) groups is 2. The van der Waals surface area contributed by atoms with Crippen molar-refractivity contribution in [3.8, 4) is 5.75 Å². The monoisotopic (exact) mass is 405 g/mol. The van der Waals surface area contributed by atoms with Crippen LogP contribution < -0.4 is 15.4 Å². The lowest BCUT2D eigenvalue weighted by Gasteiger charge is -2.13. The molecule has 1 atom stereocenters. The molecule has 152 valence electrons. The molecule has 0 radical (unpaired) electrons. The third-order valence-electron chi connectivity index (χ3n) is 3.80. The molecule has 2 rings (SSSR count). The van der Waals surface area contributed by atoms with Gasteiger partial charge in [0.15, 0.2) is 16.9 Å². The minimum Gasteiger partial charge on any atom is -0.494 e. The smallest absolute Gasteiger partial charge is 0.358 e. The molecule has 1 heterocycles. The number of hydrogen-bond donors (Lipinski definition) is 2. The van der Waals surface area contributed by atoms with Gasteiger partial charge in [-0.15, -0.1) is 11.3 Å². The van der Waals surface area contributed by atoms with Crippen LogP contribution in [0.4, 0.5) is 10.8 Å². The van der Waals surface area contributed by atoms with E-state index in [0.717, 1.165) is 18.7 Å². The Balaban J connectivity index is 1.84. The van der Waals surface area contributed by atoms with E-state index in [0.29, 0.717) is 23.3 Å². The first-order valence-corrected chi connectivity index (χ1v) is 10.2. The summed E-state index contributed by atoms with van der Waals surface area (Å²) < 4.78 is 10.6. The van der Waals surface area contributed by atoms with Gasteiger partial charge < -0.3 is 20.1 Å². The number of aromatic nitrogens is 1. The van der Waals surface area contributed by atoms with Crippen LogP contribution in [-0.4, -0.2) is 36.1 Å². The molecule has 0 unspecified atom stereocenters. The number of amides is 1. The van der Waals surface area contributed by atoms with Crippen LogP contribution in [0.2, 0.25) is 0 Å². The molecule has 8 heteroatoms. The largest absolute Gasteiger partial charge is 0.494 e. The topological polar surface area (TPSA) is 89.5 Å². The van der Waals surface area contributed by atoms with Crippen molar-refractivity contribution in [2.45, 2.75) is 40.2 Å². The molecule has 2 N–H and O–H groups in total. The van der Waals surface area contributed by atoms with E-state index in [1.807, 2.05) is 6.92 Å². The molecular weight excluding hydrogens is 378 g/mol. The van der Waals surface area contributed by atoms with Crippen LogP contribution in [0.3, 0.4) is 0 Å². The maximum atomic E-state index is 12.3. The van der Waals surface area contributed by atoms with Crippen molar-refractivity contribution < 1.29 is 19.1 Å². The molecule has 7 nitrogen and oxygen atoms in total. The average molecular weight is 406 g/mol. The summed E-state index contributed by atoms with van der Waals surface area (Å²) in [5.41, 5.74) is 0.791. The number of nitrogens with one attached hydrogen (secondary N) is 2. The van der Waals surface area contributed by atoms with E-state index in [4.69, 9.17) is 9.47 Å². The second kappa shape index (κ2) is 10.7. The van der Waals surface area contributed by atoms with Crippen LogP contribution in [0.15, 0.2) is 29.6 Å². The molecule has 1 aromatic heterocycles. The Kier molecular flexibility index (Phi) is 8.25. The van der Waals surface area contributed by atoms with Gasteiger partial charge in [-0.1, -0.05) is 13.8 Å². The first-order valence-electron chi connectivity index (χ1n) is 9.33. The number of thiazole rings is 1. The summed E-state index contributed by atoms with van der Waals surface area (Å²) in [6, 6.07) is 6.98. The summed E-state index contributed by atoms with van der Waals surface area (Å²) in [6.45, 7) is 9.08. The summed E-state index contributed by atoms with van der Waals surface area (Å²) in [7, 11) is 0. The highest BCUT2D eigenvalue weighted by Gasteiger charge is 2.21. The van der Waals surface area contributed by atoms with E-state index in [1.165, 1.54) is 18.3 Å². The number of anilines is 2. The van der Waals surface area contributed by atoms with Crippen molar-refractivity contribution in [3.63, 3.8) is 0 Å². The zero-order valence-corrected chi connectivity index (χ0v) is 17.5. The molecule has 0 aliphatic heterocycles. The Morgan fingerprint density at radius 3 is 2.54 bits per heavy atom. The van der Waals surface area contributed by atoms with Crippen molar-refractivity contribution in [2.24, 2.45) is 5.92 Å². The highest BCUT2D eigenvalue weighted by Crippen LogP contribution is 2.18. The number of nitrogens with zero attached hydrogens (tertiary/aromatic N) is 1. The van der Waals surface area contributed by atoms with E-state index >= 15 is 0 Å². The molecular formula is C20H27N3O4S. The number of ether oxygens (including phenoxy) is 2. The second-order valence-corrected chi connectivity index (χ2v) is 7.50. The number of benzene rings is 1.